The summed E-state index contributed by atoms with van der Waals surface area (Å²) < 4.78 is 5.48. The maximum atomic E-state index is 5.86. The van der Waals surface area contributed by atoms with Crippen LogP contribution in [0.5, 0.6) is 0 Å². The molecule has 0 aromatic carbocycles. The van der Waals surface area contributed by atoms with Gasteiger partial charge in [0.15, 0.2) is 0 Å². The number of anilines is 1. The lowest BCUT2D eigenvalue weighted by atomic mass is 10.0. The lowest BCUT2D eigenvalue weighted by molar-refractivity contribution is 0.0576. The molecule has 0 aliphatic carbocycles. The summed E-state index contributed by atoms with van der Waals surface area (Å²) in [5.41, 5.74) is 0.895. The molecular weight excluding hydrogens is 238 g/mol. The van der Waals surface area contributed by atoms with Crippen molar-refractivity contribution in [3.05, 3.63) is 17.0 Å². The van der Waals surface area contributed by atoms with Crippen molar-refractivity contribution < 1.29 is 4.74 Å². The number of hydrogen-bond donors (Lipinski definition) is 0. The van der Waals surface area contributed by atoms with Gasteiger partial charge in [0.25, 0.3) is 0 Å². The quantitative estimate of drug-likeness (QED) is 0.777. The predicted molar refractivity (Wildman–Crippen MR) is 68.6 cm³/mol. The van der Waals surface area contributed by atoms with E-state index in [4.69, 9.17) is 16.3 Å². The molecule has 1 aromatic heterocycles. The summed E-state index contributed by atoms with van der Waals surface area (Å²) in [4.78, 5) is 10.4. The van der Waals surface area contributed by atoms with Crippen LogP contribution in [-0.4, -0.2) is 36.8 Å². The van der Waals surface area contributed by atoms with E-state index in [0.29, 0.717) is 11.2 Å². The Hall–Kier alpha value is -0.870. The van der Waals surface area contributed by atoms with Crippen molar-refractivity contribution in [2.45, 2.75) is 19.8 Å². The van der Waals surface area contributed by atoms with Gasteiger partial charge in [-0.25, -0.2) is 9.97 Å². The van der Waals surface area contributed by atoms with E-state index in [1.54, 1.807) is 0 Å². The van der Waals surface area contributed by atoms with Gasteiger partial charge in [-0.15, -0.1) is 0 Å². The van der Waals surface area contributed by atoms with Crippen LogP contribution in [0, 0.1) is 12.8 Å². The number of halogens is 1. The lowest BCUT2D eigenvalue weighted by Crippen LogP contribution is -2.31. The van der Waals surface area contributed by atoms with Crippen molar-refractivity contribution in [1.29, 1.82) is 0 Å². The minimum atomic E-state index is 0.312. The minimum absolute atomic E-state index is 0.312. The highest BCUT2D eigenvalue weighted by Crippen LogP contribution is 2.19. The molecule has 5 heteroatoms. The van der Waals surface area contributed by atoms with E-state index >= 15 is 0 Å². The Morgan fingerprint density at radius 2 is 2.35 bits per heavy atom. The van der Waals surface area contributed by atoms with Crippen molar-refractivity contribution in [2.24, 2.45) is 5.92 Å². The van der Waals surface area contributed by atoms with Gasteiger partial charge in [0.2, 0.25) is 5.28 Å². The molecule has 1 aliphatic rings. The highest BCUT2D eigenvalue weighted by Gasteiger charge is 2.17. The van der Waals surface area contributed by atoms with E-state index < -0.39 is 0 Å². The van der Waals surface area contributed by atoms with E-state index in [1.807, 2.05) is 20.0 Å². The van der Waals surface area contributed by atoms with Crippen molar-refractivity contribution in [1.82, 2.24) is 9.97 Å². The highest BCUT2D eigenvalue weighted by molar-refractivity contribution is 6.28. The van der Waals surface area contributed by atoms with Gasteiger partial charge in [-0.1, -0.05) is 0 Å². The van der Waals surface area contributed by atoms with Crippen LogP contribution < -0.4 is 4.90 Å². The zero-order valence-electron chi connectivity index (χ0n) is 10.3. The van der Waals surface area contributed by atoms with Crippen LogP contribution in [0.2, 0.25) is 5.28 Å². The van der Waals surface area contributed by atoms with Crippen molar-refractivity contribution in [3.63, 3.8) is 0 Å². The summed E-state index contributed by atoms with van der Waals surface area (Å²) in [6, 6.07) is 1.95. The van der Waals surface area contributed by atoms with E-state index in [1.165, 1.54) is 6.42 Å². The fourth-order valence-corrected chi connectivity index (χ4v) is 2.36. The van der Waals surface area contributed by atoms with Gasteiger partial charge in [-0.05, 0) is 37.3 Å². The Kier molecular flexibility index (Phi) is 4.18. The first-order valence-electron chi connectivity index (χ1n) is 5.95. The molecule has 2 heterocycles. The van der Waals surface area contributed by atoms with E-state index in [0.717, 1.165) is 37.7 Å². The average Bonchev–Trinajstić information content (AvgIpc) is 2.29. The Morgan fingerprint density at radius 1 is 1.53 bits per heavy atom. The van der Waals surface area contributed by atoms with Gasteiger partial charge >= 0.3 is 0 Å². The maximum absolute atomic E-state index is 5.86. The third-order valence-corrected chi connectivity index (χ3v) is 3.16. The van der Waals surface area contributed by atoms with Gasteiger partial charge in [-0.2, -0.15) is 0 Å². The molecule has 1 aliphatic heterocycles. The molecule has 1 aromatic rings. The Balaban J connectivity index is 2.00. The van der Waals surface area contributed by atoms with Crippen molar-refractivity contribution in [2.75, 3.05) is 31.7 Å². The summed E-state index contributed by atoms with van der Waals surface area (Å²) in [6.45, 7) is 4.63. The van der Waals surface area contributed by atoms with Crippen LogP contribution in [0.3, 0.4) is 0 Å². The summed E-state index contributed by atoms with van der Waals surface area (Å²) >= 11 is 5.86. The van der Waals surface area contributed by atoms with Crippen LogP contribution in [0.4, 0.5) is 5.82 Å². The van der Waals surface area contributed by atoms with Crippen molar-refractivity contribution >= 4 is 17.4 Å². The smallest absolute Gasteiger partial charge is 0.224 e. The average molecular weight is 256 g/mol. The molecule has 1 unspecified atom stereocenters. The van der Waals surface area contributed by atoms with Crippen LogP contribution >= 0.6 is 11.6 Å². The molecule has 1 fully saturated rings. The molecule has 94 valence electrons. The number of hydrogen-bond acceptors (Lipinski definition) is 4. The first kappa shape index (κ1) is 12.6. The Morgan fingerprint density at radius 3 is 3.00 bits per heavy atom. The molecule has 0 radical (unpaired) electrons. The normalized spacial score (nSPS) is 20.3. The molecule has 4 nitrogen and oxygen atoms in total. The topological polar surface area (TPSA) is 38.2 Å². The molecule has 0 saturated carbocycles. The maximum Gasteiger partial charge on any atom is 0.224 e. The van der Waals surface area contributed by atoms with Gasteiger partial charge < -0.3 is 9.64 Å². The van der Waals surface area contributed by atoms with Crippen molar-refractivity contribution in [3.8, 4) is 0 Å². The van der Waals surface area contributed by atoms with Gasteiger partial charge in [0.1, 0.15) is 5.82 Å². The fourth-order valence-electron chi connectivity index (χ4n) is 2.14. The highest BCUT2D eigenvalue weighted by atomic mass is 35.5. The van der Waals surface area contributed by atoms with Crippen LogP contribution in [0.1, 0.15) is 18.5 Å². The standard InChI is InChI=1S/C12H18ClN3O/c1-9-6-11(15-12(13)14-9)16(2)7-10-4-3-5-17-8-10/h6,10H,3-5,7-8H2,1-2H3. The molecule has 17 heavy (non-hydrogen) atoms. The Labute approximate surface area is 107 Å². The largest absolute Gasteiger partial charge is 0.381 e. The second-order valence-corrected chi connectivity index (χ2v) is 4.94. The van der Waals surface area contributed by atoms with Gasteiger partial charge in [-0.3, -0.25) is 0 Å². The number of rotatable bonds is 3. The van der Waals surface area contributed by atoms with E-state index in [-0.39, 0.29) is 0 Å². The van der Waals surface area contributed by atoms with Crippen LogP contribution in [0.15, 0.2) is 6.07 Å². The monoisotopic (exact) mass is 255 g/mol. The van der Waals surface area contributed by atoms with E-state index in [9.17, 15) is 0 Å². The number of aryl methyl sites for hydroxylation is 1. The van der Waals surface area contributed by atoms with Gasteiger partial charge in [0, 0.05) is 32.0 Å². The van der Waals surface area contributed by atoms with E-state index in [2.05, 4.69) is 14.9 Å². The molecule has 0 bridgehead atoms. The van der Waals surface area contributed by atoms with Crippen LogP contribution in [-0.2, 0) is 4.74 Å². The third-order valence-electron chi connectivity index (χ3n) is 2.99. The number of nitrogens with zero attached hydrogens (tertiary/aromatic N) is 3. The molecule has 1 atom stereocenters. The first-order chi connectivity index (χ1) is 8.15. The number of ether oxygens (including phenoxy) is 1. The SMILES string of the molecule is Cc1cc(N(C)CC2CCCOC2)nc(Cl)n1. The Bertz CT molecular complexity index is 360. The molecule has 1 saturated heterocycles. The third kappa shape index (κ3) is 3.54. The van der Waals surface area contributed by atoms with Crippen LogP contribution in [0.25, 0.3) is 0 Å². The minimum Gasteiger partial charge on any atom is -0.381 e. The summed E-state index contributed by atoms with van der Waals surface area (Å²) in [5, 5.41) is 0.312. The fraction of sp³-hybridized carbons (Fsp3) is 0.667. The predicted octanol–water partition coefficient (Wildman–Crippen LogP) is 2.30. The second-order valence-electron chi connectivity index (χ2n) is 4.60. The molecule has 2 rings (SSSR count). The summed E-state index contributed by atoms with van der Waals surface area (Å²) in [6.07, 6.45) is 2.38. The first-order valence-corrected chi connectivity index (χ1v) is 6.33. The summed E-state index contributed by atoms with van der Waals surface area (Å²) in [7, 11) is 2.03. The molecule has 0 amide bonds. The number of aromatic nitrogens is 2. The molecular formula is C12H18ClN3O. The second kappa shape index (κ2) is 5.65. The summed E-state index contributed by atoms with van der Waals surface area (Å²) in [5.74, 6) is 1.47. The lowest BCUT2D eigenvalue weighted by Gasteiger charge is -2.27. The molecule has 0 spiro atoms. The zero-order chi connectivity index (χ0) is 12.3. The van der Waals surface area contributed by atoms with Gasteiger partial charge in [0.05, 0.1) is 6.61 Å². The zero-order valence-corrected chi connectivity index (χ0v) is 11.1. The molecule has 0 N–H and O–H groups in total.